The molecule has 1 heterocycles. The van der Waals surface area contributed by atoms with Gasteiger partial charge in [-0.2, -0.15) is 4.98 Å². The van der Waals surface area contributed by atoms with Crippen LogP contribution in [0.3, 0.4) is 0 Å². The van der Waals surface area contributed by atoms with Gasteiger partial charge in [-0.25, -0.2) is 9.59 Å². The molecule has 0 fully saturated rings. The zero-order chi connectivity index (χ0) is 26.2. The maximum absolute atomic E-state index is 12.6. The Morgan fingerprint density at radius 1 is 0.838 bits per heavy atom. The van der Waals surface area contributed by atoms with Crippen molar-refractivity contribution in [3.8, 4) is 11.8 Å². The van der Waals surface area contributed by atoms with Gasteiger partial charge in [0.2, 0.25) is 6.10 Å². The average molecular weight is 503 g/mol. The molecule has 4 aromatic rings. The van der Waals surface area contributed by atoms with Gasteiger partial charge < -0.3 is 18.9 Å². The van der Waals surface area contributed by atoms with Gasteiger partial charge in [-0.3, -0.25) is 4.57 Å². The molecule has 8 heteroatoms. The number of benzene rings is 3. The van der Waals surface area contributed by atoms with Crippen LogP contribution in [0, 0.1) is 0 Å². The van der Waals surface area contributed by atoms with Crippen molar-refractivity contribution < 1.29 is 28.5 Å². The lowest BCUT2D eigenvalue weighted by Gasteiger charge is -2.18. The number of carbonyl (C=O) groups is 2. The fourth-order valence-electron chi connectivity index (χ4n) is 4.01. The first-order chi connectivity index (χ1) is 18.0. The molecule has 192 valence electrons. The van der Waals surface area contributed by atoms with Gasteiger partial charge >= 0.3 is 11.9 Å². The van der Waals surface area contributed by atoms with Crippen molar-refractivity contribution in [2.45, 2.75) is 33.4 Å². The van der Waals surface area contributed by atoms with Gasteiger partial charge in [-0.1, -0.05) is 48.5 Å². The average Bonchev–Trinajstić information content (AvgIpc) is 3.26. The van der Waals surface area contributed by atoms with Gasteiger partial charge in [0.1, 0.15) is 5.75 Å². The Morgan fingerprint density at radius 3 is 2.24 bits per heavy atom. The highest BCUT2D eigenvalue weighted by Gasteiger charge is 2.24. The number of rotatable bonds is 11. The summed E-state index contributed by atoms with van der Waals surface area (Å²) in [6.45, 7) is 6.79. The number of hydrogen-bond acceptors (Lipinski definition) is 7. The van der Waals surface area contributed by atoms with Crippen LogP contribution in [0.1, 0.15) is 48.4 Å². The lowest BCUT2D eigenvalue weighted by Crippen LogP contribution is -2.21. The molecule has 1 aromatic heterocycles. The lowest BCUT2D eigenvalue weighted by molar-refractivity contribution is -0.151. The largest absolute Gasteiger partial charge is 0.474 e. The van der Waals surface area contributed by atoms with Crippen molar-refractivity contribution in [1.82, 2.24) is 9.55 Å². The highest BCUT2D eigenvalue weighted by atomic mass is 16.6. The minimum Gasteiger partial charge on any atom is -0.474 e. The topological polar surface area (TPSA) is 88.9 Å². The van der Waals surface area contributed by atoms with Crippen molar-refractivity contribution >= 4 is 23.0 Å². The van der Waals surface area contributed by atoms with E-state index in [0.717, 1.165) is 5.56 Å². The van der Waals surface area contributed by atoms with E-state index in [1.54, 1.807) is 38.1 Å². The molecule has 0 aliphatic heterocycles. The van der Waals surface area contributed by atoms with Crippen LogP contribution in [0.25, 0.3) is 11.0 Å². The van der Waals surface area contributed by atoms with Crippen LogP contribution in [0.2, 0.25) is 0 Å². The Bertz CT molecular complexity index is 1350. The number of hydrogen-bond donors (Lipinski definition) is 0. The molecule has 1 unspecified atom stereocenters. The van der Waals surface area contributed by atoms with Gasteiger partial charge in [0, 0.05) is 5.56 Å². The molecule has 0 amide bonds. The minimum absolute atomic E-state index is 0.263. The number of imidazole rings is 1. The predicted molar refractivity (Wildman–Crippen MR) is 139 cm³/mol. The van der Waals surface area contributed by atoms with Crippen LogP contribution < -0.4 is 9.47 Å². The quantitative estimate of drug-likeness (QED) is 0.256. The molecule has 8 nitrogen and oxygen atoms in total. The molecule has 37 heavy (non-hydrogen) atoms. The zero-order valence-corrected chi connectivity index (χ0v) is 21.2. The molecular formula is C29H30N2O6. The number of aromatic nitrogens is 2. The van der Waals surface area contributed by atoms with Crippen molar-refractivity contribution in [2.75, 3.05) is 19.8 Å². The summed E-state index contributed by atoms with van der Waals surface area (Å²) in [5.41, 5.74) is 3.37. The summed E-state index contributed by atoms with van der Waals surface area (Å²) < 4.78 is 24.2. The number of carbonyl (C=O) groups excluding carboxylic acids is 2. The third kappa shape index (κ3) is 5.91. The molecule has 1 atom stereocenters. The zero-order valence-electron chi connectivity index (χ0n) is 21.2. The predicted octanol–water partition coefficient (Wildman–Crippen LogP) is 5.34. The highest BCUT2D eigenvalue weighted by molar-refractivity contribution is 6.02. The van der Waals surface area contributed by atoms with Crippen LogP contribution in [-0.2, 0) is 20.8 Å². The molecule has 0 aliphatic carbocycles. The van der Waals surface area contributed by atoms with Gasteiger partial charge in [-0.15, -0.1) is 0 Å². The van der Waals surface area contributed by atoms with Gasteiger partial charge in [0.05, 0.1) is 43.0 Å². The van der Waals surface area contributed by atoms with E-state index < -0.39 is 18.0 Å². The van der Waals surface area contributed by atoms with E-state index in [-0.39, 0.29) is 13.2 Å². The SMILES string of the molecule is CCOC(=O)c1cccc2nc(OCC)n(Cc3ccc(OC(C(=O)OCC)c4ccccc4)cc3)c12. The smallest absolute Gasteiger partial charge is 0.352 e. The van der Waals surface area contributed by atoms with Crippen LogP contribution in [-0.4, -0.2) is 41.3 Å². The molecule has 4 rings (SSSR count). The Morgan fingerprint density at radius 2 is 1.57 bits per heavy atom. The van der Waals surface area contributed by atoms with Crippen molar-refractivity contribution in [2.24, 2.45) is 0 Å². The second-order valence-corrected chi connectivity index (χ2v) is 8.11. The first kappa shape index (κ1) is 25.8. The van der Waals surface area contributed by atoms with Gasteiger partial charge in [0.25, 0.3) is 6.01 Å². The van der Waals surface area contributed by atoms with Crippen molar-refractivity contribution in [1.29, 1.82) is 0 Å². The van der Waals surface area contributed by atoms with E-state index in [9.17, 15) is 9.59 Å². The normalized spacial score (nSPS) is 11.6. The van der Waals surface area contributed by atoms with E-state index in [2.05, 4.69) is 4.98 Å². The highest BCUT2D eigenvalue weighted by Crippen LogP contribution is 2.28. The summed E-state index contributed by atoms with van der Waals surface area (Å²) in [5.74, 6) is -0.333. The van der Waals surface area contributed by atoms with E-state index in [0.29, 0.717) is 47.1 Å². The Kier molecular flexibility index (Phi) is 8.40. The summed E-state index contributed by atoms with van der Waals surface area (Å²) in [5, 5.41) is 0. The maximum Gasteiger partial charge on any atom is 0.352 e. The molecular weight excluding hydrogens is 472 g/mol. The minimum atomic E-state index is -0.874. The Hall–Kier alpha value is -4.33. The molecule has 0 aliphatic rings. The molecule has 0 bridgehead atoms. The number of para-hydroxylation sites is 1. The van der Waals surface area contributed by atoms with Crippen molar-refractivity contribution in [3.63, 3.8) is 0 Å². The van der Waals surface area contributed by atoms with Gasteiger partial charge in [0.15, 0.2) is 0 Å². The molecule has 0 radical (unpaired) electrons. The standard InChI is InChI=1S/C29H30N2O6/c1-4-34-27(32)23-13-10-14-24-25(23)31(29(30-24)36-6-3)19-20-15-17-22(18-16-20)37-26(28(33)35-5-2)21-11-8-7-9-12-21/h7-18,26H,4-6,19H2,1-3H3. The molecule has 0 saturated heterocycles. The van der Waals surface area contributed by atoms with E-state index in [1.165, 1.54) is 0 Å². The fourth-order valence-corrected chi connectivity index (χ4v) is 4.01. The summed E-state index contributed by atoms with van der Waals surface area (Å²) in [6, 6.07) is 22.4. The van der Waals surface area contributed by atoms with Crippen LogP contribution in [0.15, 0.2) is 72.8 Å². The van der Waals surface area contributed by atoms with Crippen LogP contribution >= 0.6 is 0 Å². The number of ether oxygens (including phenoxy) is 4. The van der Waals surface area contributed by atoms with E-state index in [1.807, 2.05) is 60.0 Å². The van der Waals surface area contributed by atoms with E-state index in [4.69, 9.17) is 18.9 Å². The lowest BCUT2D eigenvalue weighted by atomic mass is 10.1. The second kappa shape index (κ2) is 12.1. The second-order valence-electron chi connectivity index (χ2n) is 8.11. The summed E-state index contributed by atoms with van der Waals surface area (Å²) in [4.78, 5) is 29.8. The summed E-state index contributed by atoms with van der Waals surface area (Å²) in [7, 11) is 0. The van der Waals surface area contributed by atoms with Crippen molar-refractivity contribution in [3.05, 3.63) is 89.5 Å². The molecule has 3 aromatic carbocycles. The van der Waals surface area contributed by atoms with Crippen LogP contribution in [0.5, 0.6) is 11.8 Å². The summed E-state index contributed by atoms with van der Waals surface area (Å²) >= 11 is 0. The Balaban J connectivity index is 1.62. The first-order valence-corrected chi connectivity index (χ1v) is 12.3. The summed E-state index contributed by atoms with van der Waals surface area (Å²) in [6.07, 6.45) is -0.874. The maximum atomic E-state index is 12.6. The first-order valence-electron chi connectivity index (χ1n) is 12.3. The van der Waals surface area contributed by atoms with Crippen LogP contribution in [0.4, 0.5) is 0 Å². The Labute approximate surface area is 215 Å². The monoisotopic (exact) mass is 502 g/mol. The molecule has 0 spiro atoms. The third-order valence-corrected chi connectivity index (χ3v) is 5.62. The van der Waals surface area contributed by atoms with E-state index >= 15 is 0 Å². The fraction of sp³-hybridized carbons (Fsp3) is 0.276. The van der Waals surface area contributed by atoms with Gasteiger partial charge in [-0.05, 0) is 50.6 Å². The number of esters is 2. The number of fused-ring (bicyclic) bond motifs is 1. The third-order valence-electron chi connectivity index (χ3n) is 5.62. The number of nitrogens with zero attached hydrogens (tertiary/aromatic N) is 2. The molecule has 0 N–H and O–H groups in total. The molecule has 0 saturated carbocycles.